The van der Waals surface area contributed by atoms with Crippen molar-refractivity contribution in [3.05, 3.63) is 29.3 Å². The van der Waals surface area contributed by atoms with Crippen molar-refractivity contribution in [1.29, 1.82) is 0 Å². The Balaban J connectivity index is 1.59. The predicted molar refractivity (Wildman–Crippen MR) is 77.7 cm³/mol. The molecular formula is C14H22N6O. The maximum Gasteiger partial charge on any atom is 0.0967 e. The van der Waals surface area contributed by atoms with Gasteiger partial charge < -0.3 is 4.74 Å². The third kappa shape index (κ3) is 3.48. The Labute approximate surface area is 124 Å². The van der Waals surface area contributed by atoms with E-state index in [9.17, 15) is 0 Å². The summed E-state index contributed by atoms with van der Waals surface area (Å²) in [5.41, 5.74) is 3.24. The monoisotopic (exact) mass is 290 g/mol. The van der Waals surface area contributed by atoms with E-state index < -0.39 is 0 Å². The molecule has 0 N–H and O–H groups in total. The molecule has 1 aliphatic rings. The van der Waals surface area contributed by atoms with E-state index in [0.29, 0.717) is 0 Å². The summed E-state index contributed by atoms with van der Waals surface area (Å²) >= 11 is 0. The van der Waals surface area contributed by atoms with Gasteiger partial charge in [0.05, 0.1) is 36.8 Å². The van der Waals surface area contributed by atoms with Crippen molar-refractivity contribution in [2.75, 3.05) is 19.7 Å². The molecule has 1 aliphatic heterocycles. The minimum Gasteiger partial charge on any atom is -0.374 e. The molecular weight excluding hydrogens is 268 g/mol. The van der Waals surface area contributed by atoms with E-state index in [4.69, 9.17) is 4.74 Å². The van der Waals surface area contributed by atoms with Crippen molar-refractivity contribution in [1.82, 2.24) is 29.7 Å². The van der Waals surface area contributed by atoms with E-state index in [2.05, 4.69) is 33.2 Å². The average molecular weight is 290 g/mol. The molecule has 0 saturated carbocycles. The van der Waals surface area contributed by atoms with Crippen molar-refractivity contribution in [2.24, 2.45) is 7.05 Å². The zero-order chi connectivity index (χ0) is 14.8. The summed E-state index contributed by atoms with van der Waals surface area (Å²) in [4.78, 5) is 3.97. The molecule has 0 amide bonds. The highest BCUT2D eigenvalue weighted by atomic mass is 16.5. The number of ether oxygens (including phenoxy) is 1. The maximum absolute atomic E-state index is 5.88. The standard InChI is InChI=1S/C14H22N6O/c1-11-6-12(2)20(16-11)10-14-9-19(4-5-21-14)8-13-7-15-18(3)17-13/h6-7,14H,4-5,8-10H2,1-3H3/t14-/m1/s1. The Morgan fingerprint density at radius 1 is 1.33 bits per heavy atom. The van der Waals surface area contributed by atoms with Crippen LogP contribution in [0.2, 0.25) is 0 Å². The molecule has 0 aromatic carbocycles. The Bertz CT molecular complexity index is 604. The van der Waals surface area contributed by atoms with Gasteiger partial charge in [-0.05, 0) is 19.9 Å². The Morgan fingerprint density at radius 2 is 2.19 bits per heavy atom. The Morgan fingerprint density at radius 3 is 2.86 bits per heavy atom. The van der Waals surface area contributed by atoms with Crippen molar-refractivity contribution in [2.45, 2.75) is 33.0 Å². The molecule has 0 unspecified atom stereocenters. The molecule has 1 fully saturated rings. The number of aromatic nitrogens is 5. The SMILES string of the molecule is Cc1cc(C)n(C[C@H]2CN(Cc3cnn(C)n3)CCO2)n1. The lowest BCUT2D eigenvalue weighted by atomic mass is 10.2. The molecule has 2 aromatic heterocycles. The Kier molecular flexibility index (Phi) is 4.03. The second kappa shape index (κ2) is 5.95. The third-order valence-corrected chi connectivity index (χ3v) is 3.74. The van der Waals surface area contributed by atoms with E-state index >= 15 is 0 Å². The first-order valence-electron chi connectivity index (χ1n) is 7.30. The van der Waals surface area contributed by atoms with Crippen LogP contribution in [-0.4, -0.2) is 55.5 Å². The number of rotatable bonds is 4. The summed E-state index contributed by atoms with van der Waals surface area (Å²) in [5.74, 6) is 0. The van der Waals surface area contributed by atoms with Gasteiger partial charge in [-0.3, -0.25) is 9.58 Å². The zero-order valence-corrected chi connectivity index (χ0v) is 12.9. The highest BCUT2D eigenvalue weighted by molar-refractivity contribution is 5.06. The molecule has 0 spiro atoms. The number of hydrogen-bond donors (Lipinski definition) is 0. The van der Waals surface area contributed by atoms with Gasteiger partial charge in [0, 0.05) is 32.4 Å². The predicted octanol–water partition coefficient (Wildman–Crippen LogP) is 0.529. The molecule has 0 radical (unpaired) electrons. The highest BCUT2D eigenvalue weighted by Crippen LogP contribution is 2.12. The summed E-state index contributed by atoms with van der Waals surface area (Å²) < 4.78 is 7.91. The second-order valence-corrected chi connectivity index (χ2v) is 5.66. The topological polar surface area (TPSA) is 61.0 Å². The largest absolute Gasteiger partial charge is 0.374 e. The van der Waals surface area contributed by atoms with E-state index in [-0.39, 0.29) is 6.10 Å². The van der Waals surface area contributed by atoms with Crippen molar-refractivity contribution in [3.63, 3.8) is 0 Å². The van der Waals surface area contributed by atoms with Crippen LogP contribution in [0.4, 0.5) is 0 Å². The molecule has 7 nitrogen and oxygen atoms in total. The molecule has 2 aromatic rings. The average Bonchev–Trinajstić information content (AvgIpc) is 2.96. The molecule has 0 bridgehead atoms. The zero-order valence-electron chi connectivity index (χ0n) is 12.9. The van der Waals surface area contributed by atoms with E-state index in [1.807, 2.05) is 24.9 Å². The second-order valence-electron chi connectivity index (χ2n) is 5.66. The number of hydrogen-bond acceptors (Lipinski definition) is 5. The fourth-order valence-corrected chi connectivity index (χ4v) is 2.78. The van der Waals surface area contributed by atoms with Crippen LogP contribution in [-0.2, 0) is 24.9 Å². The first-order chi connectivity index (χ1) is 10.1. The third-order valence-electron chi connectivity index (χ3n) is 3.74. The minimum absolute atomic E-state index is 0.174. The summed E-state index contributed by atoms with van der Waals surface area (Å²) in [6.07, 6.45) is 2.00. The quantitative estimate of drug-likeness (QED) is 0.822. The minimum atomic E-state index is 0.174. The first kappa shape index (κ1) is 14.2. The van der Waals surface area contributed by atoms with Gasteiger partial charge in [-0.1, -0.05) is 0 Å². The van der Waals surface area contributed by atoms with Gasteiger partial charge in [0.1, 0.15) is 0 Å². The van der Waals surface area contributed by atoms with Gasteiger partial charge in [0.15, 0.2) is 0 Å². The van der Waals surface area contributed by atoms with Crippen LogP contribution >= 0.6 is 0 Å². The van der Waals surface area contributed by atoms with E-state index in [1.54, 1.807) is 4.80 Å². The molecule has 1 saturated heterocycles. The lowest BCUT2D eigenvalue weighted by Gasteiger charge is -2.32. The highest BCUT2D eigenvalue weighted by Gasteiger charge is 2.22. The molecule has 3 heterocycles. The van der Waals surface area contributed by atoms with Crippen LogP contribution in [0, 0.1) is 13.8 Å². The van der Waals surface area contributed by atoms with Gasteiger partial charge in [0.2, 0.25) is 0 Å². The molecule has 21 heavy (non-hydrogen) atoms. The van der Waals surface area contributed by atoms with Crippen LogP contribution in [0.1, 0.15) is 17.1 Å². The summed E-state index contributed by atoms with van der Waals surface area (Å²) in [6, 6.07) is 2.10. The van der Waals surface area contributed by atoms with E-state index in [0.717, 1.165) is 44.2 Å². The van der Waals surface area contributed by atoms with Crippen LogP contribution in [0.3, 0.4) is 0 Å². The van der Waals surface area contributed by atoms with Gasteiger partial charge in [-0.2, -0.15) is 20.1 Å². The lowest BCUT2D eigenvalue weighted by Crippen LogP contribution is -2.44. The van der Waals surface area contributed by atoms with Crippen molar-refractivity contribution in [3.8, 4) is 0 Å². The fourth-order valence-electron chi connectivity index (χ4n) is 2.78. The van der Waals surface area contributed by atoms with Crippen LogP contribution in [0.5, 0.6) is 0 Å². The number of aryl methyl sites for hydroxylation is 3. The molecule has 7 heteroatoms. The molecule has 1 atom stereocenters. The van der Waals surface area contributed by atoms with Crippen molar-refractivity contribution < 1.29 is 4.74 Å². The van der Waals surface area contributed by atoms with Gasteiger partial charge >= 0.3 is 0 Å². The molecule has 0 aliphatic carbocycles. The van der Waals surface area contributed by atoms with Crippen LogP contribution in [0.15, 0.2) is 12.3 Å². The van der Waals surface area contributed by atoms with E-state index in [1.165, 1.54) is 5.69 Å². The van der Waals surface area contributed by atoms with Crippen LogP contribution in [0.25, 0.3) is 0 Å². The molecule has 3 rings (SSSR count). The van der Waals surface area contributed by atoms with Crippen LogP contribution < -0.4 is 0 Å². The summed E-state index contributed by atoms with van der Waals surface area (Å²) in [7, 11) is 1.84. The summed E-state index contributed by atoms with van der Waals surface area (Å²) in [6.45, 7) is 8.32. The number of nitrogens with zero attached hydrogens (tertiary/aromatic N) is 6. The maximum atomic E-state index is 5.88. The van der Waals surface area contributed by atoms with Gasteiger partial charge in [0.25, 0.3) is 0 Å². The smallest absolute Gasteiger partial charge is 0.0967 e. The van der Waals surface area contributed by atoms with Crippen molar-refractivity contribution >= 4 is 0 Å². The summed E-state index contributed by atoms with van der Waals surface area (Å²) in [5, 5.41) is 13.0. The molecule has 114 valence electrons. The fraction of sp³-hybridized carbons (Fsp3) is 0.643. The lowest BCUT2D eigenvalue weighted by molar-refractivity contribution is -0.0408. The first-order valence-corrected chi connectivity index (χ1v) is 7.30. The van der Waals surface area contributed by atoms with Gasteiger partial charge in [-0.25, -0.2) is 0 Å². The van der Waals surface area contributed by atoms with Gasteiger partial charge in [-0.15, -0.1) is 0 Å². The normalized spacial score (nSPS) is 20.0. The Hall–Kier alpha value is -1.73. The number of morpholine rings is 1.